The molecule has 1 fully saturated rings. The van der Waals surface area contributed by atoms with Crippen LogP contribution < -0.4 is 0 Å². The predicted molar refractivity (Wildman–Crippen MR) is 120 cm³/mol. The van der Waals surface area contributed by atoms with Gasteiger partial charge in [-0.05, 0) is 85.3 Å². The predicted octanol–water partition coefficient (Wildman–Crippen LogP) is 5.17. The third-order valence-electron chi connectivity index (χ3n) is 5.26. The molecule has 162 valence electrons. The van der Waals surface area contributed by atoms with E-state index in [4.69, 9.17) is 5.11 Å². The van der Waals surface area contributed by atoms with E-state index in [9.17, 15) is 18.8 Å². The van der Waals surface area contributed by atoms with Gasteiger partial charge in [0, 0.05) is 17.1 Å². The van der Waals surface area contributed by atoms with Crippen LogP contribution in [0.5, 0.6) is 0 Å². The number of aromatic carboxylic acids is 1. The second-order valence-electron chi connectivity index (χ2n) is 7.41. The highest BCUT2D eigenvalue weighted by molar-refractivity contribution is 8.18. The molecular weight excluding hydrogens is 431 g/mol. The maximum atomic E-state index is 13.1. The number of carbonyl (C=O) groups is 3. The molecule has 2 aromatic carbocycles. The number of carboxylic acids is 1. The van der Waals surface area contributed by atoms with Crippen molar-refractivity contribution < 1.29 is 23.9 Å². The second kappa shape index (κ2) is 8.47. The summed E-state index contributed by atoms with van der Waals surface area (Å²) in [4.78, 5) is 37.8. The first-order chi connectivity index (χ1) is 15.2. The summed E-state index contributed by atoms with van der Waals surface area (Å²) in [6.07, 6.45) is 1.69. The van der Waals surface area contributed by atoms with Gasteiger partial charge >= 0.3 is 5.97 Å². The number of amides is 2. The number of aryl methyl sites for hydroxylation is 1. The van der Waals surface area contributed by atoms with Crippen LogP contribution in [0.25, 0.3) is 11.8 Å². The van der Waals surface area contributed by atoms with Gasteiger partial charge in [-0.15, -0.1) is 0 Å². The van der Waals surface area contributed by atoms with Crippen LogP contribution in [0.2, 0.25) is 0 Å². The fourth-order valence-corrected chi connectivity index (χ4v) is 4.46. The van der Waals surface area contributed by atoms with Crippen molar-refractivity contribution in [1.82, 2.24) is 9.47 Å². The number of carboxylic acid groups (broad SMARTS) is 1. The Hall–Kier alpha value is -3.65. The third kappa shape index (κ3) is 4.09. The largest absolute Gasteiger partial charge is 0.478 e. The van der Waals surface area contributed by atoms with Gasteiger partial charge in [-0.3, -0.25) is 14.5 Å². The van der Waals surface area contributed by atoms with Gasteiger partial charge in [0.1, 0.15) is 5.82 Å². The lowest BCUT2D eigenvalue weighted by molar-refractivity contribution is -0.123. The Morgan fingerprint density at radius 2 is 1.72 bits per heavy atom. The highest BCUT2D eigenvalue weighted by Crippen LogP contribution is 2.34. The molecule has 0 bridgehead atoms. The van der Waals surface area contributed by atoms with E-state index in [1.165, 1.54) is 24.3 Å². The molecule has 8 heteroatoms. The van der Waals surface area contributed by atoms with Gasteiger partial charge in [-0.25, -0.2) is 9.18 Å². The molecule has 4 rings (SSSR count). The van der Waals surface area contributed by atoms with Crippen molar-refractivity contribution in [2.45, 2.75) is 20.4 Å². The van der Waals surface area contributed by atoms with E-state index in [-0.39, 0.29) is 29.1 Å². The Kier molecular flexibility index (Phi) is 5.71. The minimum atomic E-state index is -0.991. The summed E-state index contributed by atoms with van der Waals surface area (Å²) in [5.74, 6) is -1.76. The van der Waals surface area contributed by atoms with Gasteiger partial charge in [-0.1, -0.05) is 12.1 Å². The lowest BCUT2D eigenvalue weighted by Crippen LogP contribution is -2.27. The van der Waals surface area contributed by atoms with E-state index >= 15 is 0 Å². The zero-order valence-corrected chi connectivity index (χ0v) is 18.1. The molecular formula is C24H19FN2O4S. The average molecular weight is 450 g/mol. The molecule has 0 spiro atoms. The summed E-state index contributed by atoms with van der Waals surface area (Å²) >= 11 is 0.874. The van der Waals surface area contributed by atoms with Crippen molar-refractivity contribution in [2.75, 3.05) is 0 Å². The van der Waals surface area contributed by atoms with Crippen LogP contribution in [-0.4, -0.2) is 31.7 Å². The lowest BCUT2D eigenvalue weighted by atomic mass is 10.2. The van der Waals surface area contributed by atoms with E-state index in [1.807, 2.05) is 24.5 Å². The number of aromatic nitrogens is 1. The third-order valence-corrected chi connectivity index (χ3v) is 6.16. The first kappa shape index (κ1) is 21.6. The molecule has 1 aromatic heterocycles. The zero-order chi connectivity index (χ0) is 23.0. The van der Waals surface area contributed by atoms with E-state index in [0.29, 0.717) is 10.5 Å². The number of thioether (sulfide) groups is 1. The van der Waals surface area contributed by atoms with Crippen LogP contribution in [0.4, 0.5) is 9.18 Å². The number of hydrogen-bond acceptors (Lipinski definition) is 4. The molecule has 1 saturated heterocycles. The second-order valence-corrected chi connectivity index (χ2v) is 8.40. The van der Waals surface area contributed by atoms with E-state index in [1.54, 1.807) is 30.3 Å². The van der Waals surface area contributed by atoms with E-state index in [2.05, 4.69) is 0 Å². The van der Waals surface area contributed by atoms with Gasteiger partial charge in [-0.2, -0.15) is 0 Å². The van der Waals surface area contributed by atoms with E-state index < -0.39 is 5.97 Å². The molecule has 1 N–H and O–H groups in total. The molecule has 1 aliphatic rings. The fourth-order valence-electron chi connectivity index (χ4n) is 3.63. The standard InChI is InChI=1S/C24H19FN2O4S/c1-14-11-18(15(2)27(14)20-9-5-17(6-10-20)23(29)30)12-21-22(28)26(24(31)32-21)13-16-3-7-19(25)8-4-16/h3-12H,13H2,1-2H3,(H,29,30)/b21-12+. The Labute approximate surface area is 188 Å². The van der Waals surface area contributed by atoms with Crippen LogP contribution in [0.15, 0.2) is 59.5 Å². The maximum Gasteiger partial charge on any atom is 0.335 e. The maximum absolute atomic E-state index is 13.1. The summed E-state index contributed by atoms with van der Waals surface area (Å²) in [6, 6.07) is 14.1. The normalized spacial score (nSPS) is 15.1. The van der Waals surface area contributed by atoms with Crippen molar-refractivity contribution in [3.05, 3.63) is 93.4 Å². The summed E-state index contributed by atoms with van der Waals surface area (Å²) in [5.41, 5.74) is 4.22. The van der Waals surface area contributed by atoms with Crippen molar-refractivity contribution in [3.8, 4) is 5.69 Å². The van der Waals surface area contributed by atoms with Crippen LogP contribution in [0.3, 0.4) is 0 Å². The Morgan fingerprint density at radius 1 is 1.06 bits per heavy atom. The molecule has 0 aliphatic carbocycles. The molecule has 1 aliphatic heterocycles. The van der Waals surface area contributed by atoms with Gasteiger partial charge in [0.25, 0.3) is 11.1 Å². The van der Waals surface area contributed by atoms with Crippen molar-refractivity contribution in [3.63, 3.8) is 0 Å². The molecule has 2 heterocycles. The van der Waals surface area contributed by atoms with Crippen molar-refractivity contribution >= 4 is 35.0 Å². The molecule has 0 saturated carbocycles. The number of rotatable bonds is 5. The van der Waals surface area contributed by atoms with Gasteiger partial charge < -0.3 is 9.67 Å². The van der Waals surface area contributed by atoms with Gasteiger partial charge in [0.05, 0.1) is 17.0 Å². The van der Waals surface area contributed by atoms with E-state index in [0.717, 1.165) is 39.3 Å². The summed E-state index contributed by atoms with van der Waals surface area (Å²) in [6.45, 7) is 3.89. The lowest BCUT2D eigenvalue weighted by Gasteiger charge is -2.12. The highest BCUT2D eigenvalue weighted by atomic mass is 32.2. The highest BCUT2D eigenvalue weighted by Gasteiger charge is 2.35. The van der Waals surface area contributed by atoms with Crippen molar-refractivity contribution in [2.24, 2.45) is 0 Å². The van der Waals surface area contributed by atoms with Gasteiger partial charge in [0.2, 0.25) is 0 Å². The van der Waals surface area contributed by atoms with Crippen LogP contribution in [0.1, 0.15) is 32.9 Å². The first-order valence-electron chi connectivity index (χ1n) is 9.77. The zero-order valence-electron chi connectivity index (χ0n) is 17.3. The van der Waals surface area contributed by atoms with Gasteiger partial charge in [0.15, 0.2) is 0 Å². The molecule has 3 aromatic rings. The minimum Gasteiger partial charge on any atom is -0.478 e. The molecule has 32 heavy (non-hydrogen) atoms. The summed E-state index contributed by atoms with van der Waals surface area (Å²) in [5, 5.41) is 8.72. The Bertz CT molecular complexity index is 1260. The molecule has 6 nitrogen and oxygen atoms in total. The van der Waals surface area contributed by atoms with Crippen LogP contribution in [0, 0.1) is 19.7 Å². The SMILES string of the molecule is Cc1cc(/C=C2/SC(=O)N(Cc3ccc(F)cc3)C2=O)c(C)n1-c1ccc(C(=O)O)cc1. The molecule has 2 amide bonds. The number of imide groups is 1. The number of carbonyl (C=O) groups excluding carboxylic acids is 2. The quantitative estimate of drug-likeness (QED) is 0.543. The Morgan fingerprint density at radius 3 is 2.34 bits per heavy atom. The molecule has 0 atom stereocenters. The number of hydrogen-bond donors (Lipinski definition) is 1. The monoisotopic (exact) mass is 450 g/mol. The summed E-state index contributed by atoms with van der Waals surface area (Å²) < 4.78 is 15.1. The fraction of sp³-hybridized carbons (Fsp3) is 0.125. The average Bonchev–Trinajstić information content (AvgIpc) is 3.19. The topological polar surface area (TPSA) is 79.6 Å². The van der Waals surface area contributed by atoms with Crippen molar-refractivity contribution in [1.29, 1.82) is 0 Å². The van der Waals surface area contributed by atoms with Crippen LogP contribution >= 0.6 is 11.8 Å². The molecule has 0 radical (unpaired) electrons. The summed E-state index contributed by atoms with van der Waals surface area (Å²) in [7, 11) is 0. The Balaban J connectivity index is 1.61. The van der Waals surface area contributed by atoms with Crippen LogP contribution in [-0.2, 0) is 11.3 Å². The number of benzene rings is 2. The minimum absolute atomic E-state index is 0.0806. The number of halogens is 1. The molecule has 0 unspecified atom stereocenters. The smallest absolute Gasteiger partial charge is 0.335 e. The first-order valence-corrected chi connectivity index (χ1v) is 10.6. The number of nitrogens with zero attached hydrogens (tertiary/aromatic N) is 2.